The number of carboxylic acids is 1. The van der Waals surface area contributed by atoms with Crippen molar-refractivity contribution in [2.45, 2.75) is 32.2 Å². The largest absolute Gasteiger partial charge is 0.478 e. The smallest absolute Gasteiger partial charge is 0.337 e. The van der Waals surface area contributed by atoms with Crippen LogP contribution in [0.25, 0.3) is 0 Å². The lowest BCUT2D eigenvalue weighted by molar-refractivity contribution is -0.124. The van der Waals surface area contributed by atoms with Crippen molar-refractivity contribution in [3.63, 3.8) is 0 Å². The zero-order chi connectivity index (χ0) is 15.0. The molecule has 6 nitrogen and oxygen atoms in total. The molecule has 2 aliphatic rings. The van der Waals surface area contributed by atoms with Crippen molar-refractivity contribution in [2.24, 2.45) is 5.92 Å². The van der Waals surface area contributed by atoms with Gasteiger partial charge in [0.15, 0.2) is 0 Å². The molecule has 1 amide bonds. The van der Waals surface area contributed by atoms with Crippen LogP contribution < -0.4 is 10.2 Å². The van der Waals surface area contributed by atoms with E-state index < -0.39 is 5.97 Å². The summed E-state index contributed by atoms with van der Waals surface area (Å²) in [6, 6.07) is 3.68. The normalized spacial score (nSPS) is 25.2. The highest BCUT2D eigenvalue weighted by Gasteiger charge is 2.34. The molecule has 1 aromatic heterocycles. The number of nitrogens with one attached hydrogen (secondary N) is 1. The number of pyridine rings is 1. The van der Waals surface area contributed by atoms with Gasteiger partial charge in [0.1, 0.15) is 5.82 Å². The molecule has 112 valence electrons. The molecule has 2 saturated heterocycles. The number of aromatic carboxylic acids is 1. The number of hydrogen-bond acceptors (Lipinski definition) is 4. The predicted molar refractivity (Wildman–Crippen MR) is 77.4 cm³/mol. The van der Waals surface area contributed by atoms with Gasteiger partial charge in [0, 0.05) is 25.6 Å². The zero-order valence-electron chi connectivity index (χ0n) is 12.0. The van der Waals surface area contributed by atoms with E-state index in [1.165, 1.54) is 0 Å². The first-order chi connectivity index (χ1) is 10.0. The number of aryl methyl sites for hydroxylation is 1. The predicted octanol–water partition coefficient (Wildman–Crippen LogP) is 1.19. The van der Waals surface area contributed by atoms with Crippen molar-refractivity contribution in [2.75, 3.05) is 18.0 Å². The third kappa shape index (κ3) is 2.70. The summed E-state index contributed by atoms with van der Waals surface area (Å²) in [6.07, 6.45) is 2.43. The fraction of sp³-hybridized carbons (Fsp3) is 0.533. The molecular formula is C15H19N3O3. The van der Waals surface area contributed by atoms with Crippen LogP contribution in [0.2, 0.25) is 0 Å². The first kappa shape index (κ1) is 13.9. The Labute approximate surface area is 123 Å². The molecule has 6 heteroatoms. The molecule has 0 radical (unpaired) electrons. The van der Waals surface area contributed by atoms with E-state index >= 15 is 0 Å². The number of aromatic nitrogens is 1. The van der Waals surface area contributed by atoms with Gasteiger partial charge in [-0.25, -0.2) is 9.78 Å². The Morgan fingerprint density at radius 3 is 2.95 bits per heavy atom. The Morgan fingerprint density at radius 2 is 2.24 bits per heavy atom. The van der Waals surface area contributed by atoms with Gasteiger partial charge in [0.05, 0.1) is 11.3 Å². The second kappa shape index (κ2) is 5.35. The number of hydrogen-bond donors (Lipinski definition) is 2. The van der Waals surface area contributed by atoms with Crippen LogP contribution in [0.4, 0.5) is 5.82 Å². The van der Waals surface area contributed by atoms with E-state index in [9.17, 15) is 9.59 Å². The molecule has 2 unspecified atom stereocenters. The zero-order valence-corrected chi connectivity index (χ0v) is 12.0. The van der Waals surface area contributed by atoms with Crippen LogP contribution in [-0.2, 0) is 4.79 Å². The summed E-state index contributed by atoms with van der Waals surface area (Å²) in [5.41, 5.74) is 0.789. The molecule has 2 fully saturated rings. The molecule has 3 rings (SSSR count). The molecule has 21 heavy (non-hydrogen) atoms. The van der Waals surface area contributed by atoms with Gasteiger partial charge < -0.3 is 15.3 Å². The van der Waals surface area contributed by atoms with E-state index in [0.717, 1.165) is 31.7 Å². The van der Waals surface area contributed by atoms with Crippen molar-refractivity contribution < 1.29 is 14.7 Å². The van der Waals surface area contributed by atoms with Gasteiger partial charge >= 0.3 is 5.97 Å². The second-order valence-electron chi connectivity index (χ2n) is 5.82. The first-order valence-corrected chi connectivity index (χ1v) is 7.30. The van der Waals surface area contributed by atoms with E-state index in [2.05, 4.69) is 15.2 Å². The van der Waals surface area contributed by atoms with Gasteiger partial charge in [-0.2, -0.15) is 0 Å². The van der Waals surface area contributed by atoms with Gasteiger partial charge in [-0.1, -0.05) is 0 Å². The summed E-state index contributed by atoms with van der Waals surface area (Å²) in [5, 5.41) is 12.1. The number of piperidine rings is 2. The molecule has 0 bridgehead atoms. The maximum absolute atomic E-state index is 11.4. The summed E-state index contributed by atoms with van der Waals surface area (Å²) >= 11 is 0. The molecule has 3 heterocycles. The van der Waals surface area contributed by atoms with E-state index in [1.807, 2.05) is 0 Å². The highest BCUT2D eigenvalue weighted by atomic mass is 16.4. The standard InChI is InChI=1S/C15H19N3O3/c1-9-11(15(20)21)3-4-13(16-9)18-7-6-12-10(8-18)2-5-14(19)17-12/h3-4,10,12H,2,5-8H2,1H3,(H,17,19)(H,20,21). The molecule has 2 aliphatic heterocycles. The summed E-state index contributed by atoms with van der Waals surface area (Å²) in [5.74, 6) is 0.496. The monoisotopic (exact) mass is 289 g/mol. The van der Waals surface area contributed by atoms with Gasteiger partial charge in [-0.3, -0.25) is 4.79 Å². The van der Waals surface area contributed by atoms with Crippen LogP contribution in [0, 0.1) is 12.8 Å². The fourth-order valence-corrected chi connectivity index (χ4v) is 3.27. The lowest BCUT2D eigenvalue weighted by atomic mass is 9.85. The minimum absolute atomic E-state index is 0.157. The number of amides is 1. The highest BCUT2D eigenvalue weighted by Crippen LogP contribution is 2.28. The SMILES string of the molecule is Cc1nc(N2CCC3NC(=O)CCC3C2)ccc1C(=O)O. The summed E-state index contributed by atoms with van der Waals surface area (Å²) < 4.78 is 0. The van der Waals surface area contributed by atoms with Crippen molar-refractivity contribution >= 4 is 17.7 Å². The number of fused-ring (bicyclic) bond motifs is 1. The number of carbonyl (C=O) groups excluding carboxylic acids is 1. The fourth-order valence-electron chi connectivity index (χ4n) is 3.27. The second-order valence-corrected chi connectivity index (χ2v) is 5.82. The number of carbonyl (C=O) groups is 2. The van der Waals surface area contributed by atoms with Gasteiger partial charge in [-0.05, 0) is 37.8 Å². The molecule has 0 saturated carbocycles. The van der Waals surface area contributed by atoms with Crippen LogP contribution >= 0.6 is 0 Å². The molecular weight excluding hydrogens is 270 g/mol. The summed E-state index contributed by atoms with van der Waals surface area (Å²) in [7, 11) is 0. The molecule has 2 N–H and O–H groups in total. The van der Waals surface area contributed by atoms with Crippen LogP contribution in [0.15, 0.2) is 12.1 Å². The highest BCUT2D eigenvalue weighted by molar-refractivity contribution is 5.89. The summed E-state index contributed by atoms with van der Waals surface area (Å²) in [6.45, 7) is 3.42. The van der Waals surface area contributed by atoms with Crippen molar-refractivity contribution in [3.8, 4) is 0 Å². The van der Waals surface area contributed by atoms with Gasteiger partial charge in [-0.15, -0.1) is 0 Å². The van der Waals surface area contributed by atoms with E-state index in [0.29, 0.717) is 18.0 Å². The van der Waals surface area contributed by atoms with Crippen LogP contribution in [0.3, 0.4) is 0 Å². The van der Waals surface area contributed by atoms with Crippen LogP contribution in [0.5, 0.6) is 0 Å². The quantitative estimate of drug-likeness (QED) is 0.854. The lowest BCUT2D eigenvalue weighted by Gasteiger charge is -2.42. The molecule has 2 atom stereocenters. The third-order valence-corrected chi connectivity index (χ3v) is 4.45. The number of carboxylic acid groups (broad SMARTS) is 1. The molecule has 0 spiro atoms. The number of rotatable bonds is 2. The average Bonchev–Trinajstić information content (AvgIpc) is 2.46. The van der Waals surface area contributed by atoms with Crippen LogP contribution in [-0.4, -0.2) is 41.1 Å². The number of anilines is 1. The van der Waals surface area contributed by atoms with E-state index in [4.69, 9.17) is 5.11 Å². The Bertz CT molecular complexity index is 588. The minimum Gasteiger partial charge on any atom is -0.478 e. The topological polar surface area (TPSA) is 82.5 Å². The maximum atomic E-state index is 11.4. The third-order valence-electron chi connectivity index (χ3n) is 4.45. The van der Waals surface area contributed by atoms with Crippen molar-refractivity contribution in [1.82, 2.24) is 10.3 Å². The van der Waals surface area contributed by atoms with Crippen LogP contribution in [0.1, 0.15) is 35.3 Å². The van der Waals surface area contributed by atoms with Crippen molar-refractivity contribution in [3.05, 3.63) is 23.4 Å². The first-order valence-electron chi connectivity index (χ1n) is 7.30. The minimum atomic E-state index is -0.944. The number of nitrogens with zero attached hydrogens (tertiary/aromatic N) is 2. The average molecular weight is 289 g/mol. The Morgan fingerprint density at radius 1 is 1.43 bits per heavy atom. The van der Waals surface area contributed by atoms with E-state index in [-0.39, 0.29) is 17.5 Å². The van der Waals surface area contributed by atoms with Gasteiger partial charge in [0.25, 0.3) is 0 Å². The Hall–Kier alpha value is -2.11. The lowest BCUT2D eigenvalue weighted by Crippen LogP contribution is -2.54. The Balaban J connectivity index is 1.75. The van der Waals surface area contributed by atoms with Crippen molar-refractivity contribution in [1.29, 1.82) is 0 Å². The van der Waals surface area contributed by atoms with Gasteiger partial charge in [0.2, 0.25) is 5.91 Å². The summed E-state index contributed by atoms with van der Waals surface area (Å²) in [4.78, 5) is 29.1. The molecule has 0 aromatic carbocycles. The molecule has 1 aromatic rings. The molecule has 0 aliphatic carbocycles. The van der Waals surface area contributed by atoms with E-state index in [1.54, 1.807) is 19.1 Å². The maximum Gasteiger partial charge on any atom is 0.337 e. The Kier molecular flexibility index (Phi) is 3.53.